The summed E-state index contributed by atoms with van der Waals surface area (Å²) < 4.78 is 27.5. The van der Waals surface area contributed by atoms with Gasteiger partial charge in [0.15, 0.2) is 0 Å². The van der Waals surface area contributed by atoms with Crippen molar-refractivity contribution in [1.29, 1.82) is 0 Å². The fourth-order valence-corrected chi connectivity index (χ4v) is 3.99. The number of hydrogen-bond acceptors (Lipinski definition) is 3. The molecule has 0 amide bonds. The number of H-pyrrole nitrogens is 1. The molecule has 0 fully saturated rings. The van der Waals surface area contributed by atoms with Crippen LogP contribution in [0, 0.1) is 13.8 Å². The Kier molecular flexibility index (Phi) is 4.63. The number of nitrogens with one attached hydrogen (secondary N) is 2. The van der Waals surface area contributed by atoms with Crippen LogP contribution in [-0.2, 0) is 10.0 Å². The van der Waals surface area contributed by atoms with Crippen LogP contribution in [0.3, 0.4) is 0 Å². The Morgan fingerprint density at radius 2 is 1.90 bits per heavy atom. The fourth-order valence-electron chi connectivity index (χ4n) is 2.08. The number of hydrogen-bond donors (Lipinski definition) is 2. The molecule has 0 aliphatic rings. The van der Waals surface area contributed by atoms with Gasteiger partial charge in [-0.25, -0.2) is 13.1 Å². The first-order valence-corrected chi connectivity index (χ1v) is 8.45. The van der Waals surface area contributed by atoms with Gasteiger partial charge in [-0.15, -0.1) is 0 Å². The Hall–Kier alpha value is -1.08. The molecule has 1 aromatic heterocycles. The summed E-state index contributed by atoms with van der Waals surface area (Å²) in [6.45, 7) is 5.04. The van der Waals surface area contributed by atoms with Crippen LogP contribution < -0.4 is 4.72 Å². The lowest BCUT2D eigenvalue weighted by atomic mass is 10.1. The van der Waals surface area contributed by atoms with E-state index in [-0.39, 0.29) is 4.90 Å². The summed E-state index contributed by atoms with van der Waals surface area (Å²) in [6, 6.07) is 4.57. The van der Waals surface area contributed by atoms with Gasteiger partial charge >= 0.3 is 0 Å². The number of aryl methyl sites for hydroxylation is 2. The van der Waals surface area contributed by atoms with Crippen molar-refractivity contribution in [3.63, 3.8) is 0 Å². The molecule has 114 valence electrons. The van der Waals surface area contributed by atoms with Gasteiger partial charge in [-0.1, -0.05) is 29.3 Å². The monoisotopic (exact) mass is 347 g/mol. The third-order valence-corrected chi connectivity index (χ3v) is 5.65. The number of sulfonamides is 1. The zero-order chi connectivity index (χ0) is 15.8. The van der Waals surface area contributed by atoms with Crippen molar-refractivity contribution in [2.75, 3.05) is 0 Å². The smallest absolute Gasteiger partial charge is 0.244 e. The van der Waals surface area contributed by atoms with E-state index in [1.54, 1.807) is 39.0 Å². The quantitative estimate of drug-likeness (QED) is 0.890. The van der Waals surface area contributed by atoms with Gasteiger partial charge in [-0.2, -0.15) is 5.10 Å². The van der Waals surface area contributed by atoms with Crippen molar-refractivity contribution in [3.05, 3.63) is 45.2 Å². The lowest BCUT2D eigenvalue weighted by Gasteiger charge is -2.15. The highest BCUT2D eigenvalue weighted by molar-refractivity contribution is 7.89. The predicted molar refractivity (Wildman–Crippen MR) is 83.3 cm³/mol. The second-order valence-electron chi connectivity index (χ2n) is 4.78. The number of benzene rings is 1. The summed E-state index contributed by atoms with van der Waals surface area (Å²) in [6.07, 6.45) is 0. The third kappa shape index (κ3) is 3.40. The maximum absolute atomic E-state index is 12.4. The summed E-state index contributed by atoms with van der Waals surface area (Å²) in [5.41, 5.74) is 1.66. The molecule has 0 aliphatic carbocycles. The molecular formula is C13H15Cl2N3O2S. The Bertz CT molecular complexity index is 752. The SMILES string of the molecule is Cc1n[nH]c(C)c1S(=O)(=O)NC(C)c1ccc(Cl)c(Cl)c1. The summed E-state index contributed by atoms with van der Waals surface area (Å²) in [5, 5.41) is 7.38. The average molecular weight is 348 g/mol. The van der Waals surface area contributed by atoms with Crippen LogP contribution >= 0.6 is 23.2 Å². The summed E-state index contributed by atoms with van der Waals surface area (Å²) in [4.78, 5) is 0.175. The van der Waals surface area contributed by atoms with Gasteiger partial charge in [0.1, 0.15) is 4.90 Å². The van der Waals surface area contributed by atoms with Crippen LogP contribution in [0.25, 0.3) is 0 Å². The molecule has 1 aromatic carbocycles. The van der Waals surface area contributed by atoms with E-state index in [4.69, 9.17) is 23.2 Å². The van der Waals surface area contributed by atoms with Crippen LogP contribution in [0.1, 0.15) is 29.9 Å². The molecule has 1 atom stereocenters. The third-order valence-electron chi connectivity index (χ3n) is 3.10. The Labute approximate surface area is 133 Å². The molecule has 8 heteroatoms. The minimum atomic E-state index is -3.67. The molecule has 2 rings (SSSR count). The number of aromatic nitrogens is 2. The average Bonchev–Trinajstić information content (AvgIpc) is 2.72. The van der Waals surface area contributed by atoms with E-state index in [9.17, 15) is 8.42 Å². The van der Waals surface area contributed by atoms with Gasteiger partial charge < -0.3 is 0 Å². The fraction of sp³-hybridized carbons (Fsp3) is 0.308. The Morgan fingerprint density at radius 1 is 1.24 bits per heavy atom. The summed E-state index contributed by atoms with van der Waals surface area (Å²) in [7, 11) is -3.67. The maximum atomic E-state index is 12.4. The molecule has 21 heavy (non-hydrogen) atoms. The summed E-state index contributed by atoms with van der Waals surface area (Å²) in [5.74, 6) is 0. The molecule has 2 aromatic rings. The first-order valence-electron chi connectivity index (χ1n) is 6.21. The first kappa shape index (κ1) is 16.3. The van der Waals surface area contributed by atoms with E-state index in [0.717, 1.165) is 5.56 Å². The minimum Gasteiger partial charge on any atom is -0.281 e. The number of nitrogens with zero attached hydrogens (tertiary/aromatic N) is 1. The molecule has 0 aliphatic heterocycles. The van der Waals surface area contributed by atoms with Crippen molar-refractivity contribution >= 4 is 33.2 Å². The highest BCUT2D eigenvalue weighted by Crippen LogP contribution is 2.27. The van der Waals surface area contributed by atoms with E-state index >= 15 is 0 Å². The minimum absolute atomic E-state index is 0.175. The molecule has 0 spiro atoms. The van der Waals surface area contributed by atoms with E-state index in [1.165, 1.54) is 0 Å². The van der Waals surface area contributed by atoms with Gasteiger partial charge in [0, 0.05) is 6.04 Å². The van der Waals surface area contributed by atoms with E-state index < -0.39 is 16.1 Å². The van der Waals surface area contributed by atoms with Gasteiger partial charge in [-0.05, 0) is 38.5 Å². The standard InChI is InChI=1S/C13H15Cl2N3O2S/c1-7(10-4-5-11(14)12(15)6-10)18-21(19,20)13-8(2)16-17-9(13)3/h4-7,18H,1-3H3,(H,16,17). The first-order chi connectivity index (χ1) is 9.72. The van der Waals surface area contributed by atoms with Crippen molar-refractivity contribution < 1.29 is 8.42 Å². The predicted octanol–water partition coefficient (Wildman–Crippen LogP) is 3.37. The second-order valence-corrected chi connectivity index (χ2v) is 7.24. The van der Waals surface area contributed by atoms with Gasteiger partial charge in [0.25, 0.3) is 0 Å². The highest BCUT2D eigenvalue weighted by Gasteiger charge is 2.24. The van der Waals surface area contributed by atoms with Gasteiger partial charge in [0.2, 0.25) is 10.0 Å². The zero-order valence-corrected chi connectivity index (χ0v) is 14.1. The molecule has 1 heterocycles. The maximum Gasteiger partial charge on any atom is 0.244 e. The van der Waals surface area contributed by atoms with Gasteiger partial charge in [-0.3, -0.25) is 5.10 Å². The van der Waals surface area contributed by atoms with Crippen molar-refractivity contribution in [3.8, 4) is 0 Å². The lowest BCUT2D eigenvalue weighted by molar-refractivity contribution is 0.566. The van der Waals surface area contributed by atoms with Crippen LogP contribution in [0.5, 0.6) is 0 Å². The number of rotatable bonds is 4. The van der Waals surface area contributed by atoms with E-state index in [0.29, 0.717) is 21.4 Å². The highest BCUT2D eigenvalue weighted by atomic mass is 35.5. The molecule has 0 saturated heterocycles. The van der Waals surface area contributed by atoms with Gasteiger partial charge in [0.05, 0.1) is 21.4 Å². The second kappa shape index (κ2) is 5.96. The normalized spacial score (nSPS) is 13.4. The largest absolute Gasteiger partial charge is 0.281 e. The van der Waals surface area contributed by atoms with Crippen LogP contribution in [0.15, 0.2) is 23.1 Å². The molecule has 5 nitrogen and oxygen atoms in total. The topological polar surface area (TPSA) is 74.8 Å². The molecule has 1 unspecified atom stereocenters. The summed E-state index contributed by atoms with van der Waals surface area (Å²) >= 11 is 11.8. The van der Waals surface area contributed by atoms with Crippen molar-refractivity contribution in [2.24, 2.45) is 0 Å². The van der Waals surface area contributed by atoms with E-state index in [1.807, 2.05) is 0 Å². The lowest BCUT2D eigenvalue weighted by Crippen LogP contribution is -2.27. The Morgan fingerprint density at radius 3 is 2.43 bits per heavy atom. The molecule has 0 radical (unpaired) electrons. The number of halogens is 2. The van der Waals surface area contributed by atoms with Crippen LogP contribution in [0.4, 0.5) is 0 Å². The van der Waals surface area contributed by atoms with Crippen molar-refractivity contribution in [1.82, 2.24) is 14.9 Å². The van der Waals surface area contributed by atoms with E-state index in [2.05, 4.69) is 14.9 Å². The molecule has 0 saturated carbocycles. The van der Waals surface area contributed by atoms with Crippen LogP contribution in [0.2, 0.25) is 10.0 Å². The van der Waals surface area contributed by atoms with Crippen LogP contribution in [-0.4, -0.2) is 18.6 Å². The molecule has 0 bridgehead atoms. The van der Waals surface area contributed by atoms with Crippen molar-refractivity contribution in [2.45, 2.75) is 31.7 Å². The Balaban J connectivity index is 2.30. The zero-order valence-electron chi connectivity index (χ0n) is 11.7. The number of aromatic amines is 1. The molecular weight excluding hydrogens is 333 g/mol. The molecule has 2 N–H and O–H groups in total.